The summed E-state index contributed by atoms with van der Waals surface area (Å²) in [6.07, 6.45) is 1.12. The fraction of sp³-hybridized carbons (Fsp3) is 0.778. The monoisotopic (exact) mass is 201 g/mol. The second kappa shape index (κ2) is 4.95. The molecule has 1 aliphatic rings. The summed E-state index contributed by atoms with van der Waals surface area (Å²) in [6.45, 7) is 1.17. The van der Waals surface area contributed by atoms with Crippen LogP contribution >= 0.6 is 0 Å². The van der Waals surface area contributed by atoms with Crippen molar-refractivity contribution < 1.29 is 19.1 Å². The fourth-order valence-electron chi connectivity index (χ4n) is 1.66. The number of likely N-dealkylation sites (N-methyl/N-ethyl adjacent to an activating group) is 1. The van der Waals surface area contributed by atoms with Gasteiger partial charge in [0.05, 0.1) is 7.11 Å². The molecule has 1 rings (SSSR count). The molecule has 1 heterocycles. The van der Waals surface area contributed by atoms with Crippen molar-refractivity contribution in [2.75, 3.05) is 20.7 Å². The maximum atomic E-state index is 11.3. The molecule has 1 saturated heterocycles. The third-order valence-electron chi connectivity index (χ3n) is 2.54. The minimum atomic E-state index is -0.293. The summed E-state index contributed by atoms with van der Waals surface area (Å²) in [7, 11) is 3.22. The molecule has 0 aromatic carbocycles. The van der Waals surface area contributed by atoms with E-state index < -0.39 is 0 Å². The number of nitrogens with zero attached hydrogens (tertiary/aromatic N) is 1. The number of rotatable bonds is 3. The van der Waals surface area contributed by atoms with Crippen LogP contribution < -0.4 is 0 Å². The standard InChI is InChI=1S/C9H15NO4/c1-10-4-3-7(14-6-11)5-8(10)9(12)13-2/h6-8H,3-5H2,1-2H3/t7?,8-/m0/s1. The second-order valence-corrected chi connectivity index (χ2v) is 3.40. The van der Waals surface area contributed by atoms with Gasteiger partial charge in [0.1, 0.15) is 12.1 Å². The Balaban J connectivity index is 2.54. The lowest BCUT2D eigenvalue weighted by Gasteiger charge is -2.34. The average molecular weight is 201 g/mol. The van der Waals surface area contributed by atoms with Crippen LogP contribution in [0.15, 0.2) is 0 Å². The van der Waals surface area contributed by atoms with E-state index in [0.29, 0.717) is 12.9 Å². The molecule has 0 radical (unpaired) electrons. The van der Waals surface area contributed by atoms with Crippen LogP contribution in [0.4, 0.5) is 0 Å². The highest BCUT2D eigenvalue weighted by atomic mass is 16.5. The predicted octanol–water partition coefficient (Wildman–Crippen LogP) is -0.205. The number of carbonyl (C=O) groups is 2. The molecule has 5 nitrogen and oxygen atoms in total. The summed E-state index contributed by atoms with van der Waals surface area (Å²) in [5.41, 5.74) is 0. The highest BCUT2D eigenvalue weighted by molar-refractivity contribution is 5.75. The van der Waals surface area contributed by atoms with Crippen molar-refractivity contribution >= 4 is 12.4 Å². The zero-order chi connectivity index (χ0) is 10.6. The number of ether oxygens (including phenoxy) is 2. The van der Waals surface area contributed by atoms with Crippen LogP contribution in [0.3, 0.4) is 0 Å². The molecule has 0 amide bonds. The van der Waals surface area contributed by atoms with Crippen LogP contribution in [0, 0.1) is 0 Å². The lowest BCUT2D eigenvalue weighted by atomic mass is 10.0. The van der Waals surface area contributed by atoms with Crippen molar-refractivity contribution in [3.63, 3.8) is 0 Å². The molecular weight excluding hydrogens is 186 g/mol. The lowest BCUT2D eigenvalue weighted by Crippen LogP contribution is -2.47. The van der Waals surface area contributed by atoms with Crippen molar-refractivity contribution in [1.29, 1.82) is 0 Å². The molecule has 0 aliphatic carbocycles. The molecule has 2 atom stereocenters. The Labute approximate surface area is 83.0 Å². The zero-order valence-electron chi connectivity index (χ0n) is 8.43. The van der Waals surface area contributed by atoms with Gasteiger partial charge in [0.15, 0.2) is 0 Å². The molecule has 1 unspecified atom stereocenters. The first-order valence-corrected chi connectivity index (χ1v) is 4.56. The summed E-state index contributed by atoms with van der Waals surface area (Å²) < 4.78 is 9.50. The first kappa shape index (κ1) is 11.0. The molecule has 0 N–H and O–H groups in total. The van der Waals surface area contributed by atoms with Crippen LogP contribution in [-0.4, -0.2) is 50.2 Å². The molecule has 0 spiro atoms. The summed E-state index contributed by atoms with van der Waals surface area (Å²) in [6, 6.07) is -0.293. The van der Waals surface area contributed by atoms with Gasteiger partial charge in [0, 0.05) is 13.0 Å². The van der Waals surface area contributed by atoms with Gasteiger partial charge in [0.25, 0.3) is 6.47 Å². The number of carbonyl (C=O) groups excluding carboxylic acids is 2. The van der Waals surface area contributed by atoms with Crippen LogP contribution in [0.2, 0.25) is 0 Å². The Bertz CT molecular complexity index is 219. The Morgan fingerprint density at radius 2 is 2.29 bits per heavy atom. The third-order valence-corrected chi connectivity index (χ3v) is 2.54. The maximum absolute atomic E-state index is 11.3. The smallest absolute Gasteiger partial charge is 0.323 e. The molecule has 80 valence electrons. The minimum absolute atomic E-state index is 0.159. The van der Waals surface area contributed by atoms with Crippen molar-refractivity contribution in [2.45, 2.75) is 25.0 Å². The van der Waals surface area contributed by atoms with Gasteiger partial charge >= 0.3 is 5.97 Å². The molecule has 1 aliphatic heterocycles. The van der Waals surface area contributed by atoms with E-state index in [1.54, 1.807) is 0 Å². The minimum Gasteiger partial charge on any atom is -0.468 e. The van der Waals surface area contributed by atoms with Gasteiger partial charge in [-0.3, -0.25) is 14.5 Å². The zero-order valence-corrected chi connectivity index (χ0v) is 8.43. The first-order chi connectivity index (χ1) is 6.69. The van der Waals surface area contributed by atoms with Gasteiger partial charge in [0.2, 0.25) is 0 Å². The molecule has 14 heavy (non-hydrogen) atoms. The number of hydrogen-bond donors (Lipinski definition) is 0. The molecule has 0 saturated carbocycles. The van der Waals surface area contributed by atoms with E-state index in [1.165, 1.54) is 7.11 Å². The van der Waals surface area contributed by atoms with E-state index >= 15 is 0 Å². The van der Waals surface area contributed by atoms with Crippen LogP contribution in [-0.2, 0) is 19.1 Å². The quantitative estimate of drug-likeness (QED) is 0.467. The van der Waals surface area contributed by atoms with E-state index in [1.807, 2.05) is 11.9 Å². The third kappa shape index (κ3) is 2.45. The first-order valence-electron chi connectivity index (χ1n) is 4.56. The van der Waals surface area contributed by atoms with Gasteiger partial charge in [-0.05, 0) is 13.5 Å². The Kier molecular flexibility index (Phi) is 3.88. The topological polar surface area (TPSA) is 55.8 Å². The van der Waals surface area contributed by atoms with E-state index in [0.717, 1.165) is 13.0 Å². The number of piperidine rings is 1. The number of hydrogen-bond acceptors (Lipinski definition) is 5. The largest absolute Gasteiger partial charge is 0.468 e. The predicted molar refractivity (Wildman–Crippen MR) is 48.6 cm³/mol. The fourth-order valence-corrected chi connectivity index (χ4v) is 1.66. The number of methoxy groups -OCH3 is 1. The maximum Gasteiger partial charge on any atom is 0.323 e. The highest BCUT2D eigenvalue weighted by Crippen LogP contribution is 2.18. The van der Waals surface area contributed by atoms with E-state index in [-0.39, 0.29) is 18.1 Å². The van der Waals surface area contributed by atoms with Gasteiger partial charge in [-0.25, -0.2) is 0 Å². The highest BCUT2D eigenvalue weighted by Gasteiger charge is 2.32. The number of likely N-dealkylation sites (tertiary alicyclic amines) is 1. The van der Waals surface area contributed by atoms with Gasteiger partial charge < -0.3 is 9.47 Å². The van der Waals surface area contributed by atoms with Crippen LogP contribution in [0.1, 0.15) is 12.8 Å². The normalized spacial score (nSPS) is 28.1. The average Bonchev–Trinajstić information content (AvgIpc) is 2.20. The van der Waals surface area contributed by atoms with Crippen molar-refractivity contribution in [1.82, 2.24) is 4.90 Å². The summed E-state index contributed by atoms with van der Waals surface area (Å²) in [5.74, 6) is -0.272. The van der Waals surface area contributed by atoms with Crippen molar-refractivity contribution in [3.05, 3.63) is 0 Å². The van der Waals surface area contributed by atoms with Gasteiger partial charge in [-0.15, -0.1) is 0 Å². The molecular formula is C9H15NO4. The molecule has 1 fully saturated rings. The molecule has 0 bridgehead atoms. The van der Waals surface area contributed by atoms with Gasteiger partial charge in [-0.1, -0.05) is 0 Å². The lowest BCUT2D eigenvalue weighted by molar-refractivity contribution is -0.152. The summed E-state index contributed by atoms with van der Waals surface area (Å²) >= 11 is 0. The molecule has 0 aromatic heterocycles. The Hall–Kier alpha value is -1.10. The van der Waals surface area contributed by atoms with Crippen molar-refractivity contribution in [3.8, 4) is 0 Å². The number of esters is 1. The van der Waals surface area contributed by atoms with E-state index in [2.05, 4.69) is 4.74 Å². The van der Waals surface area contributed by atoms with Crippen LogP contribution in [0.25, 0.3) is 0 Å². The Morgan fingerprint density at radius 1 is 1.57 bits per heavy atom. The van der Waals surface area contributed by atoms with Gasteiger partial charge in [-0.2, -0.15) is 0 Å². The summed E-state index contributed by atoms with van der Waals surface area (Å²) in [5, 5.41) is 0. The second-order valence-electron chi connectivity index (χ2n) is 3.40. The van der Waals surface area contributed by atoms with Crippen LogP contribution in [0.5, 0.6) is 0 Å². The van der Waals surface area contributed by atoms with E-state index in [9.17, 15) is 9.59 Å². The van der Waals surface area contributed by atoms with E-state index in [4.69, 9.17) is 4.74 Å². The SMILES string of the molecule is COC(=O)[C@@H]1CC(OC=O)CCN1C. The molecule has 0 aromatic rings. The van der Waals surface area contributed by atoms with Crippen molar-refractivity contribution in [2.24, 2.45) is 0 Å². The molecule has 5 heteroatoms. The summed E-state index contributed by atoms with van der Waals surface area (Å²) in [4.78, 5) is 23.4. The Morgan fingerprint density at radius 3 is 2.86 bits per heavy atom.